The fraction of sp³-hybridized carbons (Fsp3) is 0.318. The van der Waals surface area contributed by atoms with E-state index in [1.807, 2.05) is 60.9 Å². The van der Waals surface area contributed by atoms with E-state index in [-0.39, 0.29) is 5.91 Å². The first-order chi connectivity index (χ1) is 13.9. The first-order valence-corrected chi connectivity index (χ1v) is 10.0. The predicted molar refractivity (Wildman–Crippen MR) is 117 cm³/mol. The molecule has 1 heterocycles. The monoisotopic (exact) mass is 410 g/mol. The maximum absolute atomic E-state index is 12.5. The van der Waals surface area contributed by atoms with Crippen LogP contribution < -0.4 is 4.74 Å². The summed E-state index contributed by atoms with van der Waals surface area (Å²) >= 11 is 5.36. The van der Waals surface area contributed by atoms with Crippen LogP contribution in [-0.4, -0.2) is 45.8 Å². The number of amides is 1. The van der Waals surface area contributed by atoms with Crippen LogP contribution in [0.25, 0.3) is 11.4 Å². The number of nitrogens with one attached hydrogen (secondary N) is 1. The fourth-order valence-corrected chi connectivity index (χ4v) is 3.21. The molecule has 1 amide bonds. The van der Waals surface area contributed by atoms with Crippen LogP contribution in [0.1, 0.15) is 17.5 Å². The molecule has 0 unspecified atom stereocenters. The molecule has 0 aliphatic rings. The first kappa shape index (κ1) is 20.8. The minimum atomic E-state index is 0.0378. The average molecular weight is 411 g/mol. The molecule has 1 aromatic heterocycles. The van der Waals surface area contributed by atoms with Gasteiger partial charge in [0.1, 0.15) is 12.4 Å². The van der Waals surface area contributed by atoms with Crippen LogP contribution in [0, 0.1) is 18.6 Å². The summed E-state index contributed by atoms with van der Waals surface area (Å²) in [7, 11) is 1.79. The first-order valence-electron chi connectivity index (χ1n) is 9.60. The van der Waals surface area contributed by atoms with Gasteiger partial charge in [-0.3, -0.25) is 14.5 Å². The number of likely N-dealkylation sites (N-methyl/N-ethyl adjacent to an activating group) is 1. The molecule has 0 atom stereocenters. The van der Waals surface area contributed by atoms with E-state index in [2.05, 4.69) is 16.3 Å². The highest BCUT2D eigenvalue weighted by Crippen LogP contribution is 2.19. The molecule has 0 radical (unpaired) electrons. The van der Waals surface area contributed by atoms with Crippen molar-refractivity contribution in [3.8, 4) is 17.1 Å². The molecule has 0 spiro atoms. The van der Waals surface area contributed by atoms with Crippen molar-refractivity contribution in [3.05, 3.63) is 64.4 Å². The van der Waals surface area contributed by atoms with Gasteiger partial charge in [0.2, 0.25) is 5.91 Å². The zero-order chi connectivity index (χ0) is 20.8. The lowest BCUT2D eigenvalue weighted by molar-refractivity contribution is -0.130. The van der Waals surface area contributed by atoms with Gasteiger partial charge in [-0.15, -0.1) is 0 Å². The van der Waals surface area contributed by atoms with Crippen molar-refractivity contribution in [1.82, 2.24) is 19.7 Å². The van der Waals surface area contributed by atoms with Crippen LogP contribution in [0.15, 0.2) is 48.5 Å². The molecule has 3 rings (SSSR count). The smallest absolute Gasteiger partial charge is 0.224 e. The summed E-state index contributed by atoms with van der Waals surface area (Å²) in [5.74, 6) is 1.59. The molecular weight excluding hydrogens is 384 g/mol. The summed E-state index contributed by atoms with van der Waals surface area (Å²) in [5.41, 5.74) is 3.31. The van der Waals surface area contributed by atoms with E-state index in [9.17, 15) is 4.79 Å². The second-order valence-corrected chi connectivity index (χ2v) is 7.49. The lowest BCUT2D eigenvalue weighted by Gasteiger charge is -2.18. The van der Waals surface area contributed by atoms with Crippen molar-refractivity contribution in [3.63, 3.8) is 0 Å². The number of aromatic nitrogens is 3. The third kappa shape index (κ3) is 5.54. The summed E-state index contributed by atoms with van der Waals surface area (Å²) < 4.78 is 8.10. The molecule has 1 N–H and O–H groups in total. The molecule has 0 saturated carbocycles. The maximum atomic E-state index is 12.5. The number of benzene rings is 2. The molecule has 0 aliphatic carbocycles. The Morgan fingerprint density at radius 1 is 1.17 bits per heavy atom. The van der Waals surface area contributed by atoms with E-state index in [0.29, 0.717) is 30.9 Å². The van der Waals surface area contributed by atoms with Gasteiger partial charge in [-0.25, -0.2) is 0 Å². The quantitative estimate of drug-likeness (QED) is 0.567. The SMILES string of the molecule is Cc1ccc(OCCN(C)C(=O)CCn2c(-c3cccc(C)c3)n[nH]c2=S)cc1. The molecule has 7 heteroatoms. The van der Waals surface area contributed by atoms with Crippen LogP contribution in [0.3, 0.4) is 0 Å². The number of H-pyrrole nitrogens is 1. The average Bonchev–Trinajstić information content (AvgIpc) is 3.08. The molecule has 3 aromatic rings. The van der Waals surface area contributed by atoms with E-state index in [1.54, 1.807) is 11.9 Å². The number of nitrogens with zero attached hydrogens (tertiary/aromatic N) is 3. The lowest BCUT2D eigenvalue weighted by Crippen LogP contribution is -2.31. The Balaban J connectivity index is 1.54. The summed E-state index contributed by atoms with van der Waals surface area (Å²) in [6, 6.07) is 15.9. The van der Waals surface area contributed by atoms with Crippen molar-refractivity contribution in [2.75, 3.05) is 20.2 Å². The molecule has 6 nitrogen and oxygen atoms in total. The Morgan fingerprint density at radius 3 is 2.66 bits per heavy atom. The van der Waals surface area contributed by atoms with Crippen LogP contribution in [0.2, 0.25) is 0 Å². The van der Waals surface area contributed by atoms with Gasteiger partial charge in [0, 0.05) is 25.6 Å². The van der Waals surface area contributed by atoms with Crippen molar-refractivity contribution in [1.29, 1.82) is 0 Å². The van der Waals surface area contributed by atoms with E-state index in [4.69, 9.17) is 17.0 Å². The van der Waals surface area contributed by atoms with Crippen molar-refractivity contribution in [2.45, 2.75) is 26.8 Å². The summed E-state index contributed by atoms with van der Waals surface area (Å²) in [6.45, 7) is 5.51. The number of rotatable bonds is 8. The number of aromatic amines is 1. The van der Waals surface area contributed by atoms with Gasteiger partial charge >= 0.3 is 0 Å². The van der Waals surface area contributed by atoms with E-state index >= 15 is 0 Å². The number of aryl methyl sites for hydroxylation is 2. The van der Waals surface area contributed by atoms with Gasteiger partial charge in [-0.05, 0) is 44.3 Å². The molecular formula is C22H26N4O2S. The molecule has 0 saturated heterocycles. The number of carbonyl (C=O) groups is 1. The molecule has 0 bridgehead atoms. The summed E-state index contributed by atoms with van der Waals surface area (Å²) in [4.78, 5) is 14.2. The van der Waals surface area contributed by atoms with E-state index in [0.717, 1.165) is 22.7 Å². The van der Waals surface area contributed by atoms with Crippen molar-refractivity contribution in [2.24, 2.45) is 0 Å². The molecule has 2 aromatic carbocycles. The molecule has 0 fully saturated rings. The zero-order valence-electron chi connectivity index (χ0n) is 17.0. The Hall–Kier alpha value is -2.93. The highest BCUT2D eigenvalue weighted by atomic mass is 32.1. The Bertz CT molecular complexity index is 1020. The van der Waals surface area contributed by atoms with Crippen LogP contribution in [-0.2, 0) is 11.3 Å². The van der Waals surface area contributed by atoms with Gasteiger partial charge in [0.15, 0.2) is 10.6 Å². The lowest BCUT2D eigenvalue weighted by atomic mass is 10.1. The highest BCUT2D eigenvalue weighted by molar-refractivity contribution is 7.71. The fourth-order valence-electron chi connectivity index (χ4n) is 2.99. The van der Waals surface area contributed by atoms with Gasteiger partial charge in [-0.2, -0.15) is 5.10 Å². The van der Waals surface area contributed by atoms with Gasteiger partial charge in [0.05, 0.1) is 6.54 Å². The normalized spacial score (nSPS) is 10.7. The largest absolute Gasteiger partial charge is 0.492 e. The van der Waals surface area contributed by atoms with Crippen molar-refractivity contribution < 1.29 is 9.53 Å². The number of hydrogen-bond acceptors (Lipinski definition) is 4. The Labute approximate surface area is 176 Å². The number of hydrogen-bond donors (Lipinski definition) is 1. The maximum Gasteiger partial charge on any atom is 0.224 e. The minimum absolute atomic E-state index is 0.0378. The number of carbonyl (C=O) groups excluding carboxylic acids is 1. The third-order valence-corrected chi connectivity index (χ3v) is 5.04. The zero-order valence-corrected chi connectivity index (χ0v) is 17.8. The summed E-state index contributed by atoms with van der Waals surface area (Å²) in [6.07, 6.45) is 0.341. The van der Waals surface area contributed by atoms with Crippen LogP contribution in [0.4, 0.5) is 0 Å². The second kappa shape index (κ2) is 9.52. The highest BCUT2D eigenvalue weighted by Gasteiger charge is 2.13. The Kier molecular flexibility index (Phi) is 6.82. The molecule has 29 heavy (non-hydrogen) atoms. The third-order valence-electron chi connectivity index (χ3n) is 4.73. The van der Waals surface area contributed by atoms with E-state index < -0.39 is 0 Å². The van der Waals surface area contributed by atoms with Gasteiger partial charge in [0.25, 0.3) is 0 Å². The van der Waals surface area contributed by atoms with E-state index in [1.165, 1.54) is 5.56 Å². The predicted octanol–water partition coefficient (Wildman–Crippen LogP) is 4.15. The Morgan fingerprint density at radius 2 is 1.93 bits per heavy atom. The van der Waals surface area contributed by atoms with Crippen LogP contribution >= 0.6 is 12.2 Å². The molecule has 152 valence electrons. The number of ether oxygens (including phenoxy) is 1. The standard InChI is InChI=1S/C22H26N4O2S/c1-16-7-9-19(10-8-16)28-14-13-25(3)20(27)11-12-26-21(23-24-22(26)29)18-6-4-5-17(2)15-18/h4-10,15H,11-14H2,1-3H3,(H,24,29). The van der Waals surface area contributed by atoms with Crippen LogP contribution in [0.5, 0.6) is 5.75 Å². The summed E-state index contributed by atoms with van der Waals surface area (Å²) in [5, 5.41) is 7.18. The van der Waals surface area contributed by atoms with Gasteiger partial charge in [-0.1, -0.05) is 41.5 Å². The second-order valence-electron chi connectivity index (χ2n) is 7.10. The minimum Gasteiger partial charge on any atom is -0.492 e. The van der Waals surface area contributed by atoms with Crippen molar-refractivity contribution >= 4 is 18.1 Å². The topological polar surface area (TPSA) is 63.1 Å². The molecule has 0 aliphatic heterocycles. The van der Waals surface area contributed by atoms with Gasteiger partial charge < -0.3 is 9.64 Å².